The molecule has 0 unspecified atom stereocenters. The van der Waals surface area contributed by atoms with Crippen LogP contribution in [0.4, 0.5) is 8.78 Å². The van der Waals surface area contributed by atoms with E-state index in [0.717, 1.165) is 31.4 Å². The van der Waals surface area contributed by atoms with Crippen molar-refractivity contribution in [2.24, 2.45) is 0 Å². The third-order valence-corrected chi connectivity index (χ3v) is 2.14. The van der Waals surface area contributed by atoms with E-state index in [1.165, 1.54) is 6.07 Å². The number of hydrogen-bond donors (Lipinski definition) is 0. The molecule has 0 bridgehead atoms. The first kappa shape index (κ1) is 12.6. The van der Waals surface area contributed by atoms with Crippen LogP contribution in [0.2, 0.25) is 0 Å². The quantitative estimate of drug-likeness (QED) is 0.571. The second kappa shape index (κ2) is 6.20. The molecule has 0 aliphatic heterocycles. The van der Waals surface area contributed by atoms with Crippen LogP contribution in [0.3, 0.4) is 0 Å². The van der Waals surface area contributed by atoms with Gasteiger partial charge in [-0.05, 0) is 24.6 Å². The molecule has 0 aliphatic carbocycles. The van der Waals surface area contributed by atoms with Crippen molar-refractivity contribution >= 4 is 5.97 Å². The Balaban J connectivity index is 2.50. The molecule has 1 aromatic carbocycles. The van der Waals surface area contributed by atoms with Crippen LogP contribution in [-0.2, 0) is 4.74 Å². The van der Waals surface area contributed by atoms with Crippen molar-refractivity contribution in [3.63, 3.8) is 0 Å². The Labute approximate surface area is 93.2 Å². The molecule has 0 aromatic heterocycles. The Hall–Kier alpha value is -1.45. The summed E-state index contributed by atoms with van der Waals surface area (Å²) in [5.41, 5.74) is 0.0374. The van der Waals surface area contributed by atoms with Gasteiger partial charge in [-0.1, -0.05) is 19.8 Å². The smallest absolute Gasteiger partial charge is 0.338 e. The maximum absolute atomic E-state index is 12.8. The zero-order chi connectivity index (χ0) is 12.0. The predicted molar refractivity (Wildman–Crippen MR) is 56.2 cm³/mol. The molecular formula is C12H14F2O2. The fourth-order valence-electron chi connectivity index (χ4n) is 1.22. The second-order valence-electron chi connectivity index (χ2n) is 3.47. The summed E-state index contributed by atoms with van der Waals surface area (Å²) in [5.74, 6) is -2.62. The molecule has 16 heavy (non-hydrogen) atoms. The number of ether oxygens (including phenoxy) is 1. The molecule has 0 saturated carbocycles. The maximum Gasteiger partial charge on any atom is 0.338 e. The molecule has 0 aliphatic rings. The number of carbonyl (C=O) groups excluding carboxylic acids is 1. The highest BCUT2D eigenvalue weighted by atomic mass is 19.2. The van der Waals surface area contributed by atoms with Crippen LogP contribution in [-0.4, -0.2) is 12.6 Å². The van der Waals surface area contributed by atoms with E-state index in [-0.39, 0.29) is 5.56 Å². The summed E-state index contributed by atoms with van der Waals surface area (Å²) in [6, 6.07) is 2.97. The fourth-order valence-corrected chi connectivity index (χ4v) is 1.22. The van der Waals surface area contributed by atoms with Gasteiger partial charge in [0.1, 0.15) is 0 Å². The second-order valence-corrected chi connectivity index (χ2v) is 3.47. The summed E-state index contributed by atoms with van der Waals surface area (Å²) in [4.78, 5) is 11.4. The molecule has 0 fully saturated rings. The molecule has 0 saturated heterocycles. The third-order valence-electron chi connectivity index (χ3n) is 2.14. The van der Waals surface area contributed by atoms with Gasteiger partial charge in [-0.15, -0.1) is 0 Å². The molecule has 0 amide bonds. The first-order chi connectivity index (χ1) is 7.65. The van der Waals surface area contributed by atoms with E-state index in [9.17, 15) is 13.6 Å². The highest BCUT2D eigenvalue weighted by Crippen LogP contribution is 2.10. The molecule has 4 heteroatoms. The van der Waals surface area contributed by atoms with Gasteiger partial charge < -0.3 is 4.74 Å². The summed E-state index contributed by atoms with van der Waals surface area (Å²) >= 11 is 0. The van der Waals surface area contributed by atoms with Crippen LogP contribution in [0.25, 0.3) is 0 Å². The fraction of sp³-hybridized carbons (Fsp3) is 0.417. The van der Waals surface area contributed by atoms with Gasteiger partial charge in [0.05, 0.1) is 12.2 Å². The zero-order valence-corrected chi connectivity index (χ0v) is 9.13. The van der Waals surface area contributed by atoms with Crippen molar-refractivity contribution in [1.82, 2.24) is 0 Å². The average Bonchev–Trinajstić information content (AvgIpc) is 2.28. The van der Waals surface area contributed by atoms with Crippen molar-refractivity contribution in [3.05, 3.63) is 35.4 Å². The summed E-state index contributed by atoms with van der Waals surface area (Å²) in [5, 5.41) is 0. The zero-order valence-electron chi connectivity index (χ0n) is 9.13. The molecule has 0 radical (unpaired) electrons. The molecule has 0 spiro atoms. The Morgan fingerprint density at radius 1 is 1.25 bits per heavy atom. The number of esters is 1. The van der Waals surface area contributed by atoms with Crippen LogP contribution in [0.5, 0.6) is 0 Å². The largest absolute Gasteiger partial charge is 0.462 e. The van der Waals surface area contributed by atoms with Gasteiger partial charge >= 0.3 is 5.97 Å². The maximum atomic E-state index is 12.8. The Morgan fingerprint density at radius 3 is 2.62 bits per heavy atom. The normalized spacial score (nSPS) is 10.2. The van der Waals surface area contributed by atoms with Gasteiger partial charge in [-0.2, -0.15) is 0 Å². The lowest BCUT2D eigenvalue weighted by Crippen LogP contribution is -2.07. The Bertz CT molecular complexity index is 364. The van der Waals surface area contributed by atoms with Crippen LogP contribution in [0.1, 0.15) is 36.5 Å². The molecule has 0 heterocycles. The molecule has 0 atom stereocenters. The minimum atomic E-state index is -1.04. The van der Waals surface area contributed by atoms with Crippen LogP contribution < -0.4 is 0 Å². The number of carbonyl (C=O) groups is 1. The first-order valence-electron chi connectivity index (χ1n) is 5.27. The lowest BCUT2D eigenvalue weighted by molar-refractivity contribution is 0.0497. The molecule has 1 rings (SSSR count). The van der Waals surface area contributed by atoms with E-state index in [1.54, 1.807) is 0 Å². The van der Waals surface area contributed by atoms with Gasteiger partial charge in [0.15, 0.2) is 11.6 Å². The van der Waals surface area contributed by atoms with E-state index in [2.05, 4.69) is 0 Å². The number of rotatable bonds is 5. The number of hydrogen-bond acceptors (Lipinski definition) is 2. The minimum Gasteiger partial charge on any atom is -0.462 e. The molecule has 88 valence electrons. The summed E-state index contributed by atoms with van der Waals surface area (Å²) in [7, 11) is 0. The third kappa shape index (κ3) is 3.61. The molecule has 1 aromatic rings. The standard InChI is InChI=1S/C12H14F2O2/c1-2-3-4-7-16-12(15)9-5-6-10(13)11(14)8-9/h5-6,8H,2-4,7H2,1H3. The van der Waals surface area contributed by atoms with Crippen molar-refractivity contribution in [3.8, 4) is 0 Å². The highest BCUT2D eigenvalue weighted by molar-refractivity contribution is 5.89. The van der Waals surface area contributed by atoms with E-state index in [1.807, 2.05) is 6.92 Å². The average molecular weight is 228 g/mol. The van der Waals surface area contributed by atoms with Crippen molar-refractivity contribution in [1.29, 1.82) is 0 Å². The van der Waals surface area contributed by atoms with Crippen molar-refractivity contribution in [2.45, 2.75) is 26.2 Å². The molecule has 2 nitrogen and oxygen atoms in total. The minimum absolute atomic E-state index is 0.0374. The van der Waals surface area contributed by atoms with E-state index in [0.29, 0.717) is 6.61 Å². The number of halogens is 2. The Kier molecular flexibility index (Phi) is 4.89. The van der Waals surface area contributed by atoms with Crippen LogP contribution >= 0.6 is 0 Å². The molecule has 0 N–H and O–H groups in total. The monoisotopic (exact) mass is 228 g/mol. The first-order valence-corrected chi connectivity index (χ1v) is 5.27. The highest BCUT2D eigenvalue weighted by Gasteiger charge is 2.10. The van der Waals surface area contributed by atoms with Gasteiger partial charge in [0, 0.05) is 0 Å². The predicted octanol–water partition coefficient (Wildman–Crippen LogP) is 3.31. The van der Waals surface area contributed by atoms with Gasteiger partial charge in [-0.25, -0.2) is 13.6 Å². The van der Waals surface area contributed by atoms with E-state index in [4.69, 9.17) is 4.74 Å². The summed E-state index contributed by atoms with van der Waals surface area (Å²) in [6.45, 7) is 2.35. The van der Waals surface area contributed by atoms with E-state index >= 15 is 0 Å². The lowest BCUT2D eigenvalue weighted by atomic mass is 10.2. The SMILES string of the molecule is CCCCCOC(=O)c1ccc(F)c(F)c1. The Morgan fingerprint density at radius 2 is 2.00 bits per heavy atom. The lowest BCUT2D eigenvalue weighted by Gasteiger charge is -2.04. The topological polar surface area (TPSA) is 26.3 Å². The van der Waals surface area contributed by atoms with E-state index < -0.39 is 17.6 Å². The molecular weight excluding hydrogens is 214 g/mol. The van der Waals surface area contributed by atoms with Gasteiger partial charge in [-0.3, -0.25) is 0 Å². The van der Waals surface area contributed by atoms with Crippen molar-refractivity contribution in [2.75, 3.05) is 6.61 Å². The van der Waals surface area contributed by atoms with Crippen LogP contribution in [0, 0.1) is 11.6 Å². The van der Waals surface area contributed by atoms with Crippen molar-refractivity contribution < 1.29 is 18.3 Å². The van der Waals surface area contributed by atoms with Crippen LogP contribution in [0.15, 0.2) is 18.2 Å². The van der Waals surface area contributed by atoms with Gasteiger partial charge in [0.25, 0.3) is 0 Å². The number of unbranched alkanes of at least 4 members (excludes halogenated alkanes) is 2. The van der Waals surface area contributed by atoms with Gasteiger partial charge in [0.2, 0.25) is 0 Å². The summed E-state index contributed by atoms with van der Waals surface area (Å²) in [6.07, 6.45) is 2.79. The summed E-state index contributed by atoms with van der Waals surface area (Å²) < 4.78 is 30.3. The number of benzene rings is 1.